The summed E-state index contributed by atoms with van der Waals surface area (Å²) >= 11 is 0. The van der Waals surface area contributed by atoms with Crippen molar-refractivity contribution in [2.24, 2.45) is 10.4 Å². The Labute approximate surface area is 154 Å². The fourth-order valence-corrected chi connectivity index (χ4v) is 3.76. The summed E-state index contributed by atoms with van der Waals surface area (Å²) in [4.78, 5) is 11.7. The standard InChI is InChI=1S/C20H26N4O2/c1-2-21-19(24-10-8-20(14-24)9-11-25-15-20)22-12-17-13-26-18(23-17)16-6-4-3-5-7-16/h3-7,13H,2,8-12,14-15H2,1H3,(H,21,22). The molecule has 26 heavy (non-hydrogen) atoms. The van der Waals surface area contributed by atoms with E-state index in [1.807, 2.05) is 30.3 Å². The van der Waals surface area contributed by atoms with Gasteiger partial charge in [0.15, 0.2) is 5.96 Å². The van der Waals surface area contributed by atoms with Crippen molar-refractivity contribution in [3.05, 3.63) is 42.3 Å². The number of likely N-dealkylation sites (tertiary alicyclic amines) is 1. The van der Waals surface area contributed by atoms with Crippen molar-refractivity contribution in [2.75, 3.05) is 32.8 Å². The lowest BCUT2D eigenvalue weighted by molar-refractivity contribution is 0.156. The number of rotatable bonds is 4. The third-order valence-corrected chi connectivity index (χ3v) is 5.22. The number of benzene rings is 1. The predicted molar refractivity (Wildman–Crippen MR) is 101 cm³/mol. The monoisotopic (exact) mass is 354 g/mol. The van der Waals surface area contributed by atoms with Crippen molar-refractivity contribution in [1.29, 1.82) is 0 Å². The maximum atomic E-state index is 5.64. The molecule has 0 aliphatic carbocycles. The number of hydrogen-bond acceptors (Lipinski definition) is 4. The largest absolute Gasteiger partial charge is 0.444 e. The zero-order valence-corrected chi connectivity index (χ0v) is 15.3. The van der Waals surface area contributed by atoms with Crippen LogP contribution in [0.4, 0.5) is 0 Å². The molecule has 6 heteroatoms. The Hall–Kier alpha value is -2.34. The van der Waals surface area contributed by atoms with Crippen LogP contribution in [0, 0.1) is 5.41 Å². The number of aliphatic imine (C=N–C) groups is 1. The Morgan fingerprint density at radius 1 is 1.31 bits per heavy atom. The summed E-state index contributed by atoms with van der Waals surface area (Å²) in [5, 5.41) is 3.42. The van der Waals surface area contributed by atoms with E-state index in [9.17, 15) is 0 Å². The van der Waals surface area contributed by atoms with Crippen molar-refractivity contribution >= 4 is 5.96 Å². The summed E-state index contributed by atoms with van der Waals surface area (Å²) in [7, 11) is 0. The summed E-state index contributed by atoms with van der Waals surface area (Å²) in [6, 6.07) is 9.94. The number of nitrogens with one attached hydrogen (secondary N) is 1. The minimum Gasteiger partial charge on any atom is -0.444 e. The van der Waals surface area contributed by atoms with Crippen LogP contribution in [0.1, 0.15) is 25.5 Å². The molecule has 2 aromatic rings. The second kappa shape index (κ2) is 7.50. The first-order valence-electron chi connectivity index (χ1n) is 9.39. The van der Waals surface area contributed by atoms with Crippen LogP contribution in [0.5, 0.6) is 0 Å². The maximum absolute atomic E-state index is 5.64. The second-order valence-corrected chi connectivity index (χ2v) is 7.15. The van der Waals surface area contributed by atoms with E-state index in [-0.39, 0.29) is 0 Å². The summed E-state index contributed by atoms with van der Waals surface area (Å²) in [5.74, 6) is 1.60. The molecule has 1 unspecified atom stereocenters. The Morgan fingerprint density at radius 2 is 2.19 bits per heavy atom. The van der Waals surface area contributed by atoms with Crippen LogP contribution in [0.25, 0.3) is 11.5 Å². The predicted octanol–water partition coefficient (Wildman–Crippen LogP) is 2.92. The average Bonchev–Trinajstić information content (AvgIpc) is 3.42. The van der Waals surface area contributed by atoms with Crippen molar-refractivity contribution in [2.45, 2.75) is 26.3 Å². The van der Waals surface area contributed by atoms with Crippen molar-refractivity contribution in [1.82, 2.24) is 15.2 Å². The van der Waals surface area contributed by atoms with E-state index in [0.29, 0.717) is 17.9 Å². The molecule has 2 aliphatic rings. The van der Waals surface area contributed by atoms with Gasteiger partial charge in [0.05, 0.1) is 13.2 Å². The molecule has 138 valence electrons. The highest BCUT2D eigenvalue weighted by Gasteiger charge is 2.42. The molecule has 6 nitrogen and oxygen atoms in total. The molecule has 0 radical (unpaired) electrons. The van der Waals surface area contributed by atoms with E-state index >= 15 is 0 Å². The van der Waals surface area contributed by atoms with Gasteiger partial charge in [0.2, 0.25) is 5.89 Å². The van der Waals surface area contributed by atoms with E-state index in [0.717, 1.165) is 56.5 Å². The molecule has 1 spiro atoms. The molecule has 2 fully saturated rings. The summed E-state index contributed by atoms with van der Waals surface area (Å²) in [6.07, 6.45) is 4.04. The second-order valence-electron chi connectivity index (χ2n) is 7.15. The van der Waals surface area contributed by atoms with Gasteiger partial charge in [-0.05, 0) is 31.9 Å². The van der Waals surface area contributed by atoms with Crippen molar-refractivity contribution < 1.29 is 9.15 Å². The number of guanidine groups is 1. The van der Waals surface area contributed by atoms with Crippen LogP contribution in [0.3, 0.4) is 0 Å². The summed E-state index contributed by atoms with van der Waals surface area (Å²) < 4.78 is 11.2. The van der Waals surface area contributed by atoms with E-state index < -0.39 is 0 Å². The lowest BCUT2D eigenvalue weighted by Crippen LogP contribution is -2.41. The number of oxazole rings is 1. The highest BCUT2D eigenvalue weighted by molar-refractivity contribution is 5.80. The Kier molecular flexibility index (Phi) is 4.93. The molecule has 1 atom stereocenters. The quantitative estimate of drug-likeness (QED) is 0.676. The zero-order valence-electron chi connectivity index (χ0n) is 15.3. The molecular weight excluding hydrogens is 328 g/mol. The number of ether oxygens (including phenoxy) is 1. The topological polar surface area (TPSA) is 62.9 Å². The molecule has 0 amide bonds. The summed E-state index contributed by atoms with van der Waals surface area (Å²) in [5.41, 5.74) is 2.15. The zero-order chi connectivity index (χ0) is 17.8. The van der Waals surface area contributed by atoms with Crippen molar-refractivity contribution in [3.63, 3.8) is 0 Å². The van der Waals surface area contributed by atoms with Gasteiger partial charge in [0.1, 0.15) is 12.0 Å². The van der Waals surface area contributed by atoms with Crippen LogP contribution < -0.4 is 5.32 Å². The van der Waals surface area contributed by atoms with Gasteiger partial charge in [-0.3, -0.25) is 0 Å². The van der Waals surface area contributed by atoms with Gasteiger partial charge >= 0.3 is 0 Å². The van der Waals surface area contributed by atoms with E-state index in [1.54, 1.807) is 6.26 Å². The van der Waals surface area contributed by atoms with E-state index in [2.05, 4.69) is 22.1 Å². The Bertz CT molecular complexity index is 750. The van der Waals surface area contributed by atoms with Crippen LogP contribution in [-0.2, 0) is 11.3 Å². The first-order valence-corrected chi connectivity index (χ1v) is 9.39. The minimum atomic E-state index is 0.324. The number of nitrogens with zero attached hydrogens (tertiary/aromatic N) is 3. The van der Waals surface area contributed by atoms with Gasteiger partial charge in [0, 0.05) is 37.2 Å². The van der Waals surface area contributed by atoms with Gasteiger partial charge in [0.25, 0.3) is 0 Å². The number of hydrogen-bond donors (Lipinski definition) is 1. The van der Waals surface area contributed by atoms with Crippen molar-refractivity contribution in [3.8, 4) is 11.5 Å². The van der Waals surface area contributed by atoms with E-state index in [4.69, 9.17) is 14.1 Å². The SMILES string of the molecule is CCNC(=NCc1coc(-c2ccccc2)n1)N1CCC2(CCOC2)C1. The Balaban J connectivity index is 1.44. The van der Waals surface area contributed by atoms with Gasteiger partial charge in [-0.1, -0.05) is 18.2 Å². The third-order valence-electron chi connectivity index (χ3n) is 5.22. The Morgan fingerprint density at radius 3 is 2.96 bits per heavy atom. The minimum absolute atomic E-state index is 0.324. The average molecular weight is 354 g/mol. The van der Waals surface area contributed by atoms with Crippen LogP contribution >= 0.6 is 0 Å². The molecular formula is C20H26N4O2. The molecule has 1 N–H and O–H groups in total. The first kappa shape index (κ1) is 17.1. The first-order chi connectivity index (χ1) is 12.8. The molecule has 0 saturated carbocycles. The molecule has 3 heterocycles. The van der Waals surface area contributed by atoms with Gasteiger partial charge in [-0.25, -0.2) is 9.98 Å². The third kappa shape index (κ3) is 3.60. The smallest absolute Gasteiger partial charge is 0.226 e. The molecule has 2 aliphatic heterocycles. The molecule has 1 aromatic carbocycles. The van der Waals surface area contributed by atoms with Crippen LogP contribution in [0.15, 0.2) is 46.0 Å². The van der Waals surface area contributed by atoms with Crippen LogP contribution in [0.2, 0.25) is 0 Å². The van der Waals surface area contributed by atoms with Gasteiger partial charge < -0.3 is 19.4 Å². The molecule has 4 rings (SSSR count). The van der Waals surface area contributed by atoms with Gasteiger partial charge in [-0.2, -0.15) is 0 Å². The number of aromatic nitrogens is 1. The fraction of sp³-hybridized carbons (Fsp3) is 0.500. The lowest BCUT2D eigenvalue weighted by atomic mass is 9.87. The molecule has 1 aromatic heterocycles. The molecule has 2 saturated heterocycles. The van der Waals surface area contributed by atoms with E-state index in [1.165, 1.54) is 6.42 Å². The highest BCUT2D eigenvalue weighted by atomic mass is 16.5. The maximum Gasteiger partial charge on any atom is 0.226 e. The summed E-state index contributed by atoms with van der Waals surface area (Å²) in [6.45, 7) is 7.29. The van der Waals surface area contributed by atoms with Gasteiger partial charge in [-0.15, -0.1) is 0 Å². The molecule has 0 bridgehead atoms. The van der Waals surface area contributed by atoms with Crippen LogP contribution in [-0.4, -0.2) is 48.7 Å². The normalized spacial score (nSPS) is 23.1. The lowest BCUT2D eigenvalue weighted by Gasteiger charge is -2.24. The fourth-order valence-electron chi connectivity index (χ4n) is 3.76. The highest BCUT2D eigenvalue weighted by Crippen LogP contribution is 2.38.